The first-order chi connectivity index (χ1) is 15.5. The molecule has 0 unspecified atom stereocenters. The van der Waals surface area contributed by atoms with Gasteiger partial charge < -0.3 is 4.57 Å². The van der Waals surface area contributed by atoms with E-state index in [1.165, 1.54) is 0 Å². The third-order valence-electron chi connectivity index (χ3n) is 5.39. The number of halogens is 1. The van der Waals surface area contributed by atoms with Crippen LogP contribution in [-0.2, 0) is 32.3 Å². The first-order valence-electron chi connectivity index (χ1n) is 10.2. The molecular formula is C19H22BrN11S. The number of hydrogen-bond acceptors (Lipinski definition) is 8. The topological polar surface area (TPSA) is 109 Å². The molecule has 0 radical (unpaired) electrons. The molecule has 0 N–H and O–H groups in total. The van der Waals surface area contributed by atoms with E-state index in [0.717, 1.165) is 63.0 Å². The summed E-state index contributed by atoms with van der Waals surface area (Å²) in [6, 6.07) is 0. The quantitative estimate of drug-likeness (QED) is 0.304. The Morgan fingerprint density at radius 2 is 1.97 bits per heavy atom. The molecule has 0 aliphatic carbocycles. The van der Waals surface area contributed by atoms with E-state index in [2.05, 4.69) is 64.8 Å². The molecule has 0 spiro atoms. The molecule has 166 valence electrons. The molecule has 11 nitrogen and oxygen atoms in total. The number of thioether (sulfide) groups is 1. The zero-order valence-corrected chi connectivity index (χ0v) is 20.6. The van der Waals surface area contributed by atoms with Crippen molar-refractivity contribution in [3.63, 3.8) is 0 Å². The maximum atomic E-state index is 4.69. The normalized spacial score (nSPS) is 11.9. The van der Waals surface area contributed by atoms with E-state index in [4.69, 9.17) is 4.98 Å². The van der Waals surface area contributed by atoms with Crippen LogP contribution in [0.15, 0.2) is 22.2 Å². The predicted octanol–water partition coefficient (Wildman–Crippen LogP) is 2.73. The van der Waals surface area contributed by atoms with Crippen molar-refractivity contribution >= 4 is 44.4 Å². The zero-order chi connectivity index (χ0) is 22.4. The Morgan fingerprint density at radius 1 is 1.12 bits per heavy atom. The van der Waals surface area contributed by atoms with Crippen LogP contribution in [-0.4, -0.2) is 53.9 Å². The molecule has 13 heteroatoms. The van der Waals surface area contributed by atoms with Gasteiger partial charge in [-0.05, 0) is 36.7 Å². The molecule has 0 aliphatic rings. The largest absolute Gasteiger partial charge is 0.306 e. The lowest BCUT2D eigenvalue weighted by atomic mass is 10.3. The van der Waals surface area contributed by atoms with Crippen molar-refractivity contribution in [2.24, 2.45) is 7.05 Å². The van der Waals surface area contributed by atoms with Gasteiger partial charge in [-0.2, -0.15) is 10.2 Å². The van der Waals surface area contributed by atoms with Crippen molar-refractivity contribution in [2.75, 3.05) is 0 Å². The smallest absolute Gasteiger partial charge is 0.191 e. The maximum Gasteiger partial charge on any atom is 0.191 e. The Kier molecular flexibility index (Phi) is 5.45. The third kappa shape index (κ3) is 3.58. The summed E-state index contributed by atoms with van der Waals surface area (Å²) < 4.78 is 8.64. The molecule has 0 aliphatic heterocycles. The van der Waals surface area contributed by atoms with Crippen LogP contribution < -0.4 is 0 Å². The second kappa shape index (κ2) is 8.28. The Bertz CT molecular complexity index is 1430. The molecule has 5 aromatic heterocycles. The molecule has 5 aromatic rings. The number of aromatic nitrogens is 11. The van der Waals surface area contributed by atoms with Gasteiger partial charge in [-0.3, -0.25) is 9.36 Å². The van der Waals surface area contributed by atoms with Gasteiger partial charge in [0, 0.05) is 32.3 Å². The van der Waals surface area contributed by atoms with Gasteiger partial charge >= 0.3 is 0 Å². The molecule has 5 heterocycles. The molecule has 0 amide bonds. The van der Waals surface area contributed by atoms with Gasteiger partial charge in [0.25, 0.3) is 0 Å². The van der Waals surface area contributed by atoms with Crippen molar-refractivity contribution in [1.82, 2.24) is 53.9 Å². The predicted molar refractivity (Wildman–Crippen MR) is 123 cm³/mol. The summed E-state index contributed by atoms with van der Waals surface area (Å²) >= 11 is 5.17. The van der Waals surface area contributed by atoms with E-state index >= 15 is 0 Å². The van der Waals surface area contributed by atoms with Crippen LogP contribution in [0.1, 0.15) is 30.0 Å². The molecule has 32 heavy (non-hydrogen) atoms. The fourth-order valence-corrected chi connectivity index (χ4v) is 4.85. The Labute approximate surface area is 196 Å². The first kappa shape index (κ1) is 21.1. The van der Waals surface area contributed by atoms with E-state index in [1.54, 1.807) is 33.5 Å². The summed E-state index contributed by atoms with van der Waals surface area (Å²) in [5, 5.41) is 24.0. The Morgan fingerprint density at radius 3 is 2.72 bits per heavy atom. The number of aryl methyl sites for hydroxylation is 4. The number of nitrogens with zero attached hydrogens (tertiary/aromatic N) is 11. The highest BCUT2D eigenvalue weighted by molar-refractivity contribution is 9.10. The minimum Gasteiger partial charge on any atom is -0.306 e. The van der Waals surface area contributed by atoms with Crippen LogP contribution in [0.4, 0.5) is 0 Å². The molecule has 0 atom stereocenters. The van der Waals surface area contributed by atoms with Crippen LogP contribution in [0.2, 0.25) is 0 Å². The van der Waals surface area contributed by atoms with Gasteiger partial charge in [0.1, 0.15) is 12.2 Å². The maximum absolute atomic E-state index is 4.69. The Hall–Kier alpha value is -2.80. The number of hydrogen-bond donors (Lipinski definition) is 0. The van der Waals surface area contributed by atoms with Gasteiger partial charge in [0.05, 0.1) is 27.5 Å². The van der Waals surface area contributed by atoms with E-state index in [1.807, 2.05) is 18.7 Å². The summed E-state index contributed by atoms with van der Waals surface area (Å²) in [4.78, 5) is 9.10. The zero-order valence-electron chi connectivity index (χ0n) is 18.2. The molecule has 0 aromatic carbocycles. The molecule has 0 fully saturated rings. The van der Waals surface area contributed by atoms with E-state index in [-0.39, 0.29) is 0 Å². The molecule has 0 saturated heterocycles. The lowest BCUT2D eigenvalue weighted by molar-refractivity contribution is 0.554. The van der Waals surface area contributed by atoms with Crippen LogP contribution in [0.3, 0.4) is 0 Å². The van der Waals surface area contributed by atoms with Crippen molar-refractivity contribution in [3.8, 4) is 0 Å². The second-order valence-electron chi connectivity index (χ2n) is 7.44. The fraction of sp³-hybridized carbons (Fsp3) is 0.421. The highest BCUT2D eigenvalue weighted by Crippen LogP contribution is 2.23. The van der Waals surface area contributed by atoms with E-state index in [0.29, 0.717) is 11.6 Å². The highest BCUT2D eigenvalue weighted by atomic mass is 79.9. The summed E-state index contributed by atoms with van der Waals surface area (Å²) in [6.07, 6.45) is 4.20. The fourth-order valence-electron chi connectivity index (χ4n) is 3.70. The van der Waals surface area contributed by atoms with E-state index < -0.39 is 0 Å². The van der Waals surface area contributed by atoms with Crippen LogP contribution in [0.5, 0.6) is 0 Å². The third-order valence-corrected chi connectivity index (χ3v) is 7.50. The molecule has 0 bridgehead atoms. The summed E-state index contributed by atoms with van der Waals surface area (Å²) in [7, 11) is 1.86. The van der Waals surface area contributed by atoms with Crippen LogP contribution >= 0.6 is 27.7 Å². The van der Waals surface area contributed by atoms with Gasteiger partial charge in [-0.1, -0.05) is 11.8 Å². The average molecular weight is 516 g/mol. The van der Waals surface area contributed by atoms with Gasteiger partial charge in [-0.25, -0.2) is 14.5 Å². The first-order valence-corrected chi connectivity index (χ1v) is 12.0. The molecular weight excluding hydrogens is 494 g/mol. The van der Waals surface area contributed by atoms with Gasteiger partial charge in [0.2, 0.25) is 0 Å². The second-order valence-corrected chi connectivity index (χ2v) is 9.17. The number of rotatable bonds is 7. The Balaban J connectivity index is 1.32. The molecule has 5 rings (SSSR count). The van der Waals surface area contributed by atoms with Gasteiger partial charge in [-0.15, -0.1) is 15.3 Å². The van der Waals surface area contributed by atoms with Crippen molar-refractivity contribution in [3.05, 3.63) is 40.0 Å². The van der Waals surface area contributed by atoms with Crippen LogP contribution in [0.25, 0.3) is 16.7 Å². The summed E-state index contributed by atoms with van der Waals surface area (Å²) in [5.41, 5.74) is 3.66. The van der Waals surface area contributed by atoms with E-state index in [9.17, 15) is 0 Å². The minimum absolute atomic E-state index is 0.589. The average Bonchev–Trinajstić information content (AvgIpc) is 3.53. The van der Waals surface area contributed by atoms with Crippen molar-refractivity contribution in [1.29, 1.82) is 0 Å². The SMILES string of the molecule is CCn1c(CCn2nc(C)c(Br)c2C)nnc1SCc1nc2c3cnn(C)c3ncn2n1. The monoisotopic (exact) mass is 515 g/mol. The van der Waals surface area contributed by atoms with Crippen molar-refractivity contribution < 1.29 is 0 Å². The minimum atomic E-state index is 0.589. The summed E-state index contributed by atoms with van der Waals surface area (Å²) in [5.74, 6) is 2.25. The van der Waals surface area contributed by atoms with Crippen molar-refractivity contribution in [2.45, 2.75) is 51.2 Å². The molecule has 0 saturated carbocycles. The number of fused-ring (bicyclic) bond motifs is 3. The highest BCUT2D eigenvalue weighted by Gasteiger charge is 2.16. The standard InChI is InChI=1S/C19H22BrN11S/c1-5-29-15(6-7-30-12(3)16(20)11(2)26-30)24-25-19(29)32-9-14-23-18-13-8-22-28(4)17(13)21-10-31(18)27-14/h8,10H,5-7,9H2,1-4H3. The van der Waals surface area contributed by atoms with Crippen LogP contribution in [0, 0.1) is 13.8 Å². The summed E-state index contributed by atoms with van der Waals surface area (Å²) in [6.45, 7) is 7.71. The lowest BCUT2D eigenvalue weighted by Gasteiger charge is -2.08. The van der Waals surface area contributed by atoms with Gasteiger partial charge in [0.15, 0.2) is 22.3 Å². The lowest BCUT2D eigenvalue weighted by Crippen LogP contribution is -2.10.